The summed E-state index contributed by atoms with van der Waals surface area (Å²) in [4.78, 5) is 23.6. The number of methoxy groups -OCH3 is 1. The summed E-state index contributed by atoms with van der Waals surface area (Å²) in [5.74, 6) is 0.265. The molecule has 2 N–H and O–H groups in total. The fourth-order valence-electron chi connectivity index (χ4n) is 6.32. The lowest BCUT2D eigenvalue weighted by atomic mass is 9.56. The van der Waals surface area contributed by atoms with Crippen LogP contribution in [0, 0.1) is 11.8 Å². The third kappa shape index (κ3) is 2.33. The van der Waals surface area contributed by atoms with Gasteiger partial charge >= 0.3 is 5.97 Å². The Labute approximate surface area is 158 Å². The fourth-order valence-corrected chi connectivity index (χ4v) is 6.32. The Kier molecular flexibility index (Phi) is 4.04. The van der Waals surface area contributed by atoms with Gasteiger partial charge in [0, 0.05) is 49.4 Å². The molecule has 3 fully saturated rings. The van der Waals surface area contributed by atoms with Crippen molar-refractivity contribution < 1.29 is 19.7 Å². The van der Waals surface area contributed by atoms with Crippen molar-refractivity contribution in [1.82, 2.24) is 9.88 Å². The van der Waals surface area contributed by atoms with E-state index in [4.69, 9.17) is 4.74 Å². The molecule has 1 aromatic carbocycles. The van der Waals surface area contributed by atoms with Gasteiger partial charge in [-0.2, -0.15) is 5.26 Å². The Balaban J connectivity index is 1.72. The van der Waals surface area contributed by atoms with Crippen molar-refractivity contribution >= 4 is 16.9 Å². The first-order chi connectivity index (χ1) is 13.2. The highest BCUT2D eigenvalue weighted by atomic mass is 17.1. The van der Waals surface area contributed by atoms with Crippen molar-refractivity contribution in [2.24, 2.45) is 11.8 Å². The number of benzene rings is 1. The van der Waals surface area contributed by atoms with Crippen LogP contribution in [0.4, 0.5) is 0 Å². The number of ether oxygens (including phenoxy) is 1. The lowest BCUT2D eigenvalue weighted by Gasteiger charge is -2.57. The largest absolute Gasteiger partial charge is 0.385 e. The number of hydrogen-bond acceptors (Lipinski definition) is 5. The highest BCUT2D eigenvalue weighted by molar-refractivity contribution is 5.91. The molecule has 1 aromatic heterocycles. The SMILES string of the molecule is COCCC1CC2CN3CCc4c([nH]c5ccccc45)C(C(=O)OO)(C2)C13. The van der Waals surface area contributed by atoms with Gasteiger partial charge in [-0.05, 0) is 49.1 Å². The van der Waals surface area contributed by atoms with E-state index in [-0.39, 0.29) is 6.04 Å². The molecule has 0 spiro atoms. The molecule has 1 aliphatic carbocycles. The minimum atomic E-state index is -0.834. The molecular weight excluding hydrogens is 344 g/mol. The molecule has 2 aromatic rings. The van der Waals surface area contributed by atoms with Crippen LogP contribution in [0.15, 0.2) is 24.3 Å². The second kappa shape index (κ2) is 6.33. The summed E-state index contributed by atoms with van der Waals surface area (Å²) in [6, 6.07) is 8.26. The Morgan fingerprint density at radius 3 is 3.07 bits per heavy atom. The van der Waals surface area contributed by atoms with E-state index in [0.29, 0.717) is 18.4 Å². The minimum Gasteiger partial charge on any atom is -0.385 e. The van der Waals surface area contributed by atoms with Gasteiger partial charge in [0.2, 0.25) is 0 Å². The normalized spacial score (nSPS) is 34.3. The smallest absolute Gasteiger partial charge is 0.355 e. The second-order valence-electron chi connectivity index (χ2n) is 8.41. The summed E-state index contributed by atoms with van der Waals surface area (Å²) < 4.78 is 5.35. The molecule has 144 valence electrons. The molecule has 3 aliphatic heterocycles. The lowest BCUT2D eigenvalue weighted by Crippen LogP contribution is -2.67. The Morgan fingerprint density at radius 1 is 1.41 bits per heavy atom. The van der Waals surface area contributed by atoms with E-state index in [0.717, 1.165) is 50.0 Å². The number of carbonyl (C=O) groups is 1. The van der Waals surface area contributed by atoms with Crippen molar-refractivity contribution in [3.05, 3.63) is 35.5 Å². The van der Waals surface area contributed by atoms with Crippen molar-refractivity contribution in [3.63, 3.8) is 0 Å². The Bertz CT molecular complexity index is 878. The maximum atomic E-state index is 13.2. The van der Waals surface area contributed by atoms with E-state index in [1.165, 1.54) is 10.9 Å². The van der Waals surface area contributed by atoms with Crippen molar-refractivity contribution in [3.8, 4) is 0 Å². The quantitative estimate of drug-likeness (QED) is 0.639. The summed E-state index contributed by atoms with van der Waals surface area (Å²) in [7, 11) is 1.72. The monoisotopic (exact) mass is 370 g/mol. The van der Waals surface area contributed by atoms with Gasteiger partial charge in [0.15, 0.2) is 0 Å². The number of nitrogens with zero attached hydrogens (tertiary/aromatic N) is 1. The van der Waals surface area contributed by atoms with Crippen LogP contribution < -0.4 is 0 Å². The van der Waals surface area contributed by atoms with Gasteiger partial charge in [-0.25, -0.2) is 4.79 Å². The number of rotatable bonds is 4. The van der Waals surface area contributed by atoms with E-state index in [1.54, 1.807) is 7.11 Å². The first-order valence-electron chi connectivity index (χ1n) is 9.88. The van der Waals surface area contributed by atoms with Gasteiger partial charge in [-0.1, -0.05) is 18.2 Å². The molecule has 4 heterocycles. The zero-order chi connectivity index (χ0) is 18.6. The van der Waals surface area contributed by atoms with Crippen LogP contribution in [-0.4, -0.2) is 54.0 Å². The molecule has 6 rings (SSSR count). The maximum absolute atomic E-state index is 13.2. The zero-order valence-corrected chi connectivity index (χ0v) is 15.6. The van der Waals surface area contributed by atoms with Crippen molar-refractivity contribution in [2.45, 2.75) is 37.1 Å². The van der Waals surface area contributed by atoms with E-state index >= 15 is 0 Å². The summed E-state index contributed by atoms with van der Waals surface area (Å²) >= 11 is 0. The summed E-state index contributed by atoms with van der Waals surface area (Å²) in [5, 5.41) is 10.6. The number of aromatic nitrogens is 1. The molecule has 4 bridgehead atoms. The molecule has 4 aliphatic rings. The van der Waals surface area contributed by atoms with Crippen LogP contribution in [0.1, 0.15) is 30.5 Å². The highest BCUT2D eigenvalue weighted by Crippen LogP contribution is 2.55. The number of carbonyl (C=O) groups excluding carboxylic acids is 1. The number of nitrogens with one attached hydrogen (secondary N) is 1. The van der Waals surface area contributed by atoms with Crippen molar-refractivity contribution in [2.75, 3.05) is 26.8 Å². The average molecular weight is 370 g/mol. The van der Waals surface area contributed by atoms with Gasteiger partial charge in [0.25, 0.3) is 0 Å². The average Bonchev–Trinajstić information content (AvgIpc) is 3.04. The van der Waals surface area contributed by atoms with Crippen LogP contribution in [0.3, 0.4) is 0 Å². The van der Waals surface area contributed by atoms with E-state index in [1.807, 2.05) is 12.1 Å². The molecule has 0 amide bonds. The van der Waals surface area contributed by atoms with E-state index in [9.17, 15) is 10.1 Å². The topological polar surface area (TPSA) is 74.8 Å². The predicted molar refractivity (Wildman–Crippen MR) is 100 cm³/mol. The van der Waals surface area contributed by atoms with Crippen LogP contribution in [0.2, 0.25) is 0 Å². The predicted octanol–water partition coefficient (Wildman–Crippen LogP) is 2.72. The van der Waals surface area contributed by atoms with E-state index in [2.05, 4.69) is 26.9 Å². The third-order valence-corrected chi connectivity index (χ3v) is 7.13. The Morgan fingerprint density at radius 2 is 2.26 bits per heavy atom. The molecule has 5 atom stereocenters. The number of hydrogen-bond donors (Lipinski definition) is 2. The second-order valence-corrected chi connectivity index (χ2v) is 8.41. The molecule has 6 nitrogen and oxygen atoms in total. The number of aromatic amines is 1. The molecule has 5 unspecified atom stereocenters. The molecule has 2 saturated heterocycles. The first-order valence-corrected chi connectivity index (χ1v) is 9.88. The number of fused-ring (bicyclic) bond motifs is 4. The maximum Gasteiger partial charge on any atom is 0.355 e. The lowest BCUT2D eigenvalue weighted by molar-refractivity contribution is -0.249. The summed E-state index contributed by atoms with van der Waals surface area (Å²) in [5.41, 5.74) is 2.38. The Hall–Kier alpha value is -1.89. The fraction of sp³-hybridized carbons (Fsp3) is 0.571. The summed E-state index contributed by atoms with van der Waals surface area (Å²) in [6.45, 7) is 2.64. The van der Waals surface area contributed by atoms with Crippen LogP contribution in [-0.2, 0) is 26.3 Å². The first kappa shape index (κ1) is 17.2. The molecule has 1 saturated carbocycles. The zero-order valence-electron chi connectivity index (χ0n) is 15.6. The van der Waals surface area contributed by atoms with Gasteiger partial charge in [0.05, 0.1) is 0 Å². The minimum absolute atomic E-state index is 0.0339. The number of piperidine rings is 2. The van der Waals surface area contributed by atoms with Gasteiger partial charge in [0.1, 0.15) is 5.41 Å². The molecular formula is C21H26N2O4. The van der Waals surface area contributed by atoms with Gasteiger partial charge in [-0.15, -0.1) is 0 Å². The van der Waals surface area contributed by atoms with E-state index < -0.39 is 11.4 Å². The number of para-hydroxylation sites is 1. The van der Waals surface area contributed by atoms with Gasteiger partial charge in [-0.3, -0.25) is 9.79 Å². The van der Waals surface area contributed by atoms with Gasteiger partial charge < -0.3 is 9.72 Å². The number of H-pyrrole nitrogens is 1. The molecule has 27 heavy (non-hydrogen) atoms. The molecule has 0 radical (unpaired) electrons. The van der Waals surface area contributed by atoms with Crippen LogP contribution in [0.25, 0.3) is 10.9 Å². The third-order valence-electron chi connectivity index (χ3n) is 7.13. The van der Waals surface area contributed by atoms with Crippen LogP contribution >= 0.6 is 0 Å². The molecule has 6 heteroatoms. The highest BCUT2D eigenvalue weighted by Gasteiger charge is 2.63. The standard InChI is InChI=1S/C21H26N2O4/c1-26-9-7-14-10-13-11-21(20(24)27-25)18-16(6-8-23(12-13)19(14)21)15-4-2-3-5-17(15)22-18/h2-5,13-14,19,22,25H,6-12H2,1H3. The van der Waals surface area contributed by atoms with Crippen LogP contribution in [0.5, 0.6) is 0 Å². The van der Waals surface area contributed by atoms with Crippen molar-refractivity contribution in [1.29, 1.82) is 0 Å². The summed E-state index contributed by atoms with van der Waals surface area (Å²) in [6.07, 6.45) is 3.67.